The molecule has 72 valence electrons. The van der Waals surface area contributed by atoms with Gasteiger partial charge in [-0.15, -0.1) is 0 Å². The lowest BCUT2D eigenvalue weighted by molar-refractivity contribution is 0.183. The number of aromatic nitrogens is 1. The van der Waals surface area contributed by atoms with Crippen molar-refractivity contribution in [1.29, 1.82) is 0 Å². The Hall–Kier alpha value is -1.09. The second kappa shape index (κ2) is 4.23. The SMILES string of the molecule is CCc1c(COC)cnc(C)c1O. The first kappa shape index (κ1) is 9.99. The fourth-order valence-corrected chi connectivity index (χ4v) is 1.36. The van der Waals surface area contributed by atoms with E-state index < -0.39 is 0 Å². The molecule has 3 heteroatoms. The highest BCUT2D eigenvalue weighted by molar-refractivity contribution is 5.40. The Morgan fingerprint density at radius 2 is 2.23 bits per heavy atom. The molecule has 0 aliphatic heterocycles. The van der Waals surface area contributed by atoms with E-state index in [1.807, 2.05) is 6.92 Å². The molecule has 1 aromatic heterocycles. The number of pyridine rings is 1. The van der Waals surface area contributed by atoms with Gasteiger partial charge in [0.2, 0.25) is 0 Å². The van der Waals surface area contributed by atoms with Crippen LogP contribution >= 0.6 is 0 Å². The molecule has 1 rings (SSSR count). The Morgan fingerprint density at radius 1 is 1.54 bits per heavy atom. The third kappa shape index (κ3) is 1.98. The standard InChI is InChI=1S/C10H15NO2/c1-4-9-8(6-13-3)5-11-7(2)10(9)12/h5,12H,4,6H2,1-3H3. The van der Waals surface area contributed by atoms with E-state index in [9.17, 15) is 5.11 Å². The minimum Gasteiger partial charge on any atom is -0.506 e. The predicted octanol–water partition coefficient (Wildman–Crippen LogP) is 1.80. The van der Waals surface area contributed by atoms with Gasteiger partial charge < -0.3 is 9.84 Å². The maximum atomic E-state index is 9.69. The molecule has 1 heterocycles. The second-order valence-corrected chi connectivity index (χ2v) is 2.98. The van der Waals surface area contributed by atoms with Crippen LogP contribution in [0.1, 0.15) is 23.7 Å². The molecule has 0 aliphatic carbocycles. The van der Waals surface area contributed by atoms with Gasteiger partial charge in [0.05, 0.1) is 12.3 Å². The summed E-state index contributed by atoms with van der Waals surface area (Å²) in [5, 5.41) is 9.69. The number of aromatic hydroxyl groups is 1. The average Bonchev–Trinajstić information content (AvgIpc) is 2.12. The van der Waals surface area contributed by atoms with Crippen molar-refractivity contribution in [1.82, 2.24) is 4.98 Å². The van der Waals surface area contributed by atoms with Gasteiger partial charge in [0.1, 0.15) is 5.75 Å². The summed E-state index contributed by atoms with van der Waals surface area (Å²) in [6.07, 6.45) is 2.56. The zero-order valence-electron chi connectivity index (χ0n) is 8.29. The van der Waals surface area contributed by atoms with Crippen LogP contribution in [0.5, 0.6) is 5.75 Å². The van der Waals surface area contributed by atoms with Crippen molar-refractivity contribution in [3.63, 3.8) is 0 Å². The molecule has 0 atom stereocenters. The zero-order chi connectivity index (χ0) is 9.84. The molecule has 0 fully saturated rings. The van der Waals surface area contributed by atoms with Gasteiger partial charge in [0.15, 0.2) is 0 Å². The van der Waals surface area contributed by atoms with Gasteiger partial charge in [-0.3, -0.25) is 4.98 Å². The molecular weight excluding hydrogens is 166 g/mol. The smallest absolute Gasteiger partial charge is 0.140 e. The summed E-state index contributed by atoms with van der Waals surface area (Å²) < 4.78 is 5.01. The largest absolute Gasteiger partial charge is 0.506 e. The monoisotopic (exact) mass is 181 g/mol. The Morgan fingerprint density at radius 3 is 2.77 bits per heavy atom. The quantitative estimate of drug-likeness (QED) is 0.773. The summed E-state index contributed by atoms with van der Waals surface area (Å²) in [5.41, 5.74) is 2.58. The number of methoxy groups -OCH3 is 1. The summed E-state index contributed by atoms with van der Waals surface area (Å²) in [7, 11) is 1.64. The highest BCUT2D eigenvalue weighted by Crippen LogP contribution is 2.24. The second-order valence-electron chi connectivity index (χ2n) is 2.98. The third-order valence-corrected chi connectivity index (χ3v) is 2.08. The fraction of sp³-hybridized carbons (Fsp3) is 0.500. The minimum atomic E-state index is 0.303. The molecular formula is C10H15NO2. The normalized spacial score (nSPS) is 10.4. The van der Waals surface area contributed by atoms with Crippen LogP contribution in [-0.4, -0.2) is 17.2 Å². The highest BCUT2D eigenvalue weighted by Gasteiger charge is 2.09. The topological polar surface area (TPSA) is 42.4 Å². The van der Waals surface area contributed by atoms with Crippen LogP contribution in [0.4, 0.5) is 0 Å². The first-order valence-corrected chi connectivity index (χ1v) is 4.36. The van der Waals surface area contributed by atoms with Crippen molar-refractivity contribution in [3.8, 4) is 5.75 Å². The van der Waals surface area contributed by atoms with Crippen LogP contribution in [0.15, 0.2) is 6.20 Å². The van der Waals surface area contributed by atoms with Crippen molar-refractivity contribution in [2.75, 3.05) is 7.11 Å². The number of hydrogen-bond acceptors (Lipinski definition) is 3. The molecule has 0 aliphatic rings. The highest BCUT2D eigenvalue weighted by atomic mass is 16.5. The van der Waals surface area contributed by atoms with Crippen molar-refractivity contribution >= 4 is 0 Å². The number of nitrogens with zero attached hydrogens (tertiary/aromatic N) is 1. The summed E-state index contributed by atoms with van der Waals surface area (Å²) in [6.45, 7) is 4.31. The molecule has 0 saturated heterocycles. The van der Waals surface area contributed by atoms with Gasteiger partial charge in [-0.2, -0.15) is 0 Å². The molecule has 0 unspecified atom stereocenters. The Balaban J connectivity index is 3.13. The Bertz CT molecular complexity index is 297. The molecule has 0 bridgehead atoms. The minimum absolute atomic E-state index is 0.303. The van der Waals surface area contributed by atoms with Gasteiger partial charge >= 0.3 is 0 Å². The number of rotatable bonds is 3. The van der Waals surface area contributed by atoms with E-state index in [4.69, 9.17) is 4.74 Å². The third-order valence-electron chi connectivity index (χ3n) is 2.08. The molecule has 0 aromatic carbocycles. The van der Waals surface area contributed by atoms with E-state index in [0.717, 1.165) is 17.5 Å². The summed E-state index contributed by atoms with van der Waals surface area (Å²) in [4.78, 5) is 4.08. The molecule has 0 saturated carbocycles. The van der Waals surface area contributed by atoms with Crippen molar-refractivity contribution in [2.45, 2.75) is 26.9 Å². The van der Waals surface area contributed by atoms with E-state index >= 15 is 0 Å². The first-order chi connectivity index (χ1) is 6.20. The predicted molar refractivity (Wildman–Crippen MR) is 50.7 cm³/mol. The summed E-state index contributed by atoms with van der Waals surface area (Å²) in [5.74, 6) is 0.303. The van der Waals surface area contributed by atoms with Gasteiger partial charge in [0, 0.05) is 24.4 Å². The maximum Gasteiger partial charge on any atom is 0.140 e. The molecule has 1 aromatic rings. The molecule has 0 radical (unpaired) electrons. The van der Waals surface area contributed by atoms with Crippen LogP contribution in [0, 0.1) is 6.92 Å². The van der Waals surface area contributed by atoms with Crippen LogP contribution in [0.3, 0.4) is 0 Å². The van der Waals surface area contributed by atoms with E-state index in [1.165, 1.54) is 0 Å². The lowest BCUT2D eigenvalue weighted by Gasteiger charge is -2.09. The zero-order valence-corrected chi connectivity index (χ0v) is 8.29. The van der Waals surface area contributed by atoms with Crippen LogP contribution in [-0.2, 0) is 17.8 Å². The molecule has 13 heavy (non-hydrogen) atoms. The van der Waals surface area contributed by atoms with Crippen LogP contribution < -0.4 is 0 Å². The molecule has 1 N–H and O–H groups in total. The van der Waals surface area contributed by atoms with E-state index in [0.29, 0.717) is 18.1 Å². The Kier molecular flexibility index (Phi) is 3.25. The van der Waals surface area contributed by atoms with E-state index in [-0.39, 0.29) is 0 Å². The van der Waals surface area contributed by atoms with Gasteiger partial charge in [-0.1, -0.05) is 6.92 Å². The summed E-state index contributed by atoms with van der Waals surface area (Å²) >= 11 is 0. The van der Waals surface area contributed by atoms with Gasteiger partial charge in [0.25, 0.3) is 0 Å². The lowest BCUT2D eigenvalue weighted by atomic mass is 10.1. The van der Waals surface area contributed by atoms with Crippen molar-refractivity contribution in [3.05, 3.63) is 23.0 Å². The molecule has 0 amide bonds. The maximum absolute atomic E-state index is 9.69. The van der Waals surface area contributed by atoms with Crippen LogP contribution in [0.2, 0.25) is 0 Å². The van der Waals surface area contributed by atoms with E-state index in [1.54, 1.807) is 20.2 Å². The van der Waals surface area contributed by atoms with Crippen LogP contribution in [0.25, 0.3) is 0 Å². The van der Waals surface area contributed by atoms with Crippen molar-refractivity contribution in [2.24, 2.45) is 0 Å². The fourth-order valence-electron chi connectivity index (χ4n) is 1.36. The van der Waals surface area contributed by atoms with Gasteiger partial charge in [-0.25, -0.2) is 0 Å². The van der Waals surface area contributed by atoms with Gasteiger partial charge in [-0.05, 0) is 13.3 Å². The molecule has 3 nitrogen and oxygen atoms in total. The average molecular weight is 181 g/mol. The lowest BCUT2D eigenvalue weighted by Crippen LogP contribution is -1.98. The number of hydrogen-bond donors (Lipinski definition) is 1. The molecule has 0 spiro atoms. The van der Waals surface area contributed by atoms with E-state index in [2.05, 4.69) is 4.98 Å². The first-order valence-electron chi connectivity index (χ1n) is 4.36. The van der Waals surface area contributed by atoms with Crippen molar-refractivity contribution < 1.29 is 9.84 Å². The summed E-state index contributed by atoms with van der Waals surface area (Å²) in [6, 6.07) is 0. The number of aryl methyl sites for hydroxylation is 1. The number of ether oxygens (including phenoxy) is 1. The Labute approximate surface area is 78.4 Å².